The third kappa shape index (κ3) is 8.04. The number of carbonyl (C=O) groups excluding carboxylic acids is 1. The second-order valence-corrected chi connectivity index (χ2v) is 5.40. The van der Waals surface area contributed by atoms with E-state index in [1.807, 2.05) is 0 Å². The minimum absolute atomic E-state index is 0.139. The van der Waals surface area contributed by atoms with Gasteiger partial charge in [-0.2, -0.15) is 0 Å². The highest BCUT2D eigenvalue weighted by molar-refractivity contribution is 8.19. The number of carbonyl (C=O) groups is 1. The Labute approximate surface area is 79.7 Å². The zero-order valence-corrected chi connectivity index (χ0v) is 8.89. The lowest BCUT2D eigenvalue weighted by Crippen LogP contribution is -2.36. The van der Waals surface area contributed by atoms with E-state index in [4.69, 9.17) is 13.7 Å². The third-order valence-electron chi connectivity index (χ3n) is 1.40. The first-order chi connectivity index (χ1) is 5.62. The van der Waals surface area contributed by atoms with Crippen LogP contribution in [0.15, 0.2) is 0 Å². The van der Waals surface area contributed by atoms with E-state index in [0.29, 0.717) is 6.54 Å². The zero-order valence-electron chi connectivity index (χ0n) is 8.07. The molecule has 0 aromatic carbocycles. The minimum Gasteiger partial charge on any atom is -0.356 e. The maximum Gasteiger partial charge on any atom is 0.216 e. The van der Waals surface area contributed by atoms with Crippen molar-refractivity contribution in [2.45, 2.75) is 20.8 Å². The van der Waals surface area contributed by atoms with Crippen molar-refractivity contribution in [3.8, 4) is 0 Å². The average molecular weight is 211 g/mol. The van der Waals surface area contributed by atoms with Gasteiger partial charge < -0.3 is 19.0 Å². The average Bonchev–Trinajstić information content (AvgIpc) is 1.78. The Bertz CT molecular complexity index is 187. The van der Waals surface area contributed by atoms with Crippen molar-refractivity contribution in [2.24, 2.45) is 5.41 Å². The first kappa shape index (κ1) is 12.7. The van der Waals surface area contributed by atoms with Gasteiger partial charge in [0.05, 0.1) is 16.6 Å². The summed E-state index contributed by atoms with van der Waals surface area (Å²) in [6.07, 6.45) is 0. The second kappa shape index (κ2) is 4.28. The van der Waals surface area contributed by atoms with Gasteiger partial charge >= 0.3 is 0 Å². The number of hydrogen-bond acceptors (Lipinski definition) is 4. The largest absolute Gasteiger partial charge is 0.356 e. The summed E-state index contributed by atoms with van der Waals surface area (Å²) in [4.78, 5) is 10.6. The second-order valence-electron chi connectivity index (χ2n) is 3.85. The van der Waals surface area contributed by atoms with Gasteiger partial charge in [0, 0.05) is 13.5 Å². The molecule has 0 spiro atoms. The smallest absolute Gasteiger partial charge is 0.216 e. The highest BCUT2D eigenvalue weighted by atomic mass is 32.3. The number of rotatable bonds is 4. The van der Waals surface area contributed by atoms with Crippen molar-refractivity contribution in [1.29, 1.82) is 0 Å². The molecule has 5 nitrogen and oxygen atoms in total. The van der Waals surface area contributed by atoms with E-state index in [1.54, 1.807) is 13.8 Å². The van der Waals surface area contributed by atoms with Gasteiger partial charge in [-0.05, 0) is 5.41 Å². The molecule has 0 unspecified atom stereocenters. The van der Waals surface area contributed by atoms with Crippen LogP contribution in [0.25, 0.3) is 0 Å². The Kier molecular flexibility index (Phi) is 4.18. The molecule has 0 aromatic rings. The molecule has 0 saturated carbocycles. The van der Waals surface area contributed by atoms with Crippen molar-refractivity contribution in [2.75, 3.05) is 12.3 Å². The predicted molar refractivity (Wildman–Crippen MR) is 52.8 cm³/mol. The molecule has 0 saturated heterocycles. The zero-order chi connectivity index (χ0) is 10.7. The SMILES string of the molecule is CC(=O)NCC(C)(C)CS(O)(O)O. The van der Waals surface area contributed by atoms with E-state index in [9.17, 15) is 4.79 Å². The maximum absolute atomic E-state index is 10.6. The molecular weight excluding hydrogens is 194 g/mol. The van der Waals surface area contributed by atoms with Gasteiger partial charge in [-0.25, -0.2) is 0 Å². The first-order valence-electron chi connectivity index (χ1n) is 3.85. The van der Waals surface area contributed by atoms with E-state index < -0.39 is 16.3 Å². The lowest BCUT2D eigenvalue weighted by atomic mass is 9.96. The highest BCUT2D eigenvalue weighted by Crippen LogP contribution is 2.39. The molecular formula is C7H17NO4S. The summed E-state index contributed by atoms with van der Waals surface area (Å²) in [5.74, 6) is -0.317. The van der Waals surface area contributed by atoms with Crippen LogP contribution in [0.3, 0.4) is 0 Å². The van der Waals surface area contributed by atoms with Gasteiger partial charge in [0.1, 0.15) is 0 Å². The fourth-order valence-corrected chi connectivity index (χ4v) is 2.09. The molecule has 13 heavy (non-hydrogen) atoms. The predicted octanol–water partition coefficient (Wildman–Crippen LogP) is 1.37. The van der Waals surface area contributed by atoms with Crippen LogP contribution in [0.5, 0.6) is 0 Å². The number of hydrogen-bond donors (Lipinski definition) is 4. The Balaban J connectivity index is 4.01. The molecule has 0 aliphatic rings. The fraction of sp³-hybridized carbons (Fsp3) is 0.857. The van der Waals surface area contributed by atoms with Gasteiger partial charge in [0.2, 0.25) is 5.91 Å². The van der Waals surface area contributed by atoms with Crippen LogP contribution in [0, 0.1) is 5.41 Å². The van der Waals surface area contributed by atoms with Gasteiger partial charge in [0.15, 0.2) is 0 Å². The van der Waals surface area contributed by atoms with E-state index in [1.165, 1.54) is 6.92 Å². The number of nitrogens with one attached hydrogen (secondary N) is 1. The topological polar surface area (TPSA) is 89.8 Å². The quantitative estimate of drug-likeness (QED) is 0.565. The third-order valence-corrected chi connectivity index (χ3v) is 2.57. The molecule has 0 radical (unpaired) electrons. The van der Waals surface area contributed by atoms with Gasteiger partial charge in [-0.15, -0.1) is 0 Å². The Morgan fingerprint density at radius 3 is 2.15 bits per heavy atom. The van der Waals surface area contributed by atoms with Gasteiger partial charge in [-0.3, -0.25) is 4.79 Å². The highest BCUT2D eigenvalue weighted by Gasteiger charge is 2.27. The van der Waals surface area contributed by atoms with E-state index in [0.717, 1.165) is 0 Å². The van der Waals surface area contributed by atoms with Crippen LogP contribution in [-0.2, 0) is 4.79 Å². The molecule has 0 fully saturated rings. The molecule has 0 heterocycles. The molecule has 1 amide bonds. The summed E-state index contributed by atoms with van der Waals surface area (Å²) in [7, 11) is -3.48. The van der Waals surface area contributed by atoms with E-state index in [-0.39, 0.29) is 11.7 Å². The first-order valence-corrected chi connectivity index (χ1v) is 5.52. The summed E-state index contributed by atoms with van der Waals surface area (Å²) in [5.41, 5.74) is -0.529. The summed E-state index contributed by atoms with van der Waals surface area (Å²) in [6, 6.07) is 0. The summed E-state index contributed by atoms with van der Waals surface area (Å²) in [6.45, 7) is 5.15. The monoisotopic (exact) mass is 211 g/mol. The minimum atomic E-state index is -3.48. The molecule has 6 heteroatoms. The number of amides is 1. The summed E-state index contributed by atoms with van der Waals surface area (Å²) < 4.78 is 26.4. The van der Waals surface area contributed by atoms with Crippen molar-refractivity contribution >= 4 is 16.8 Å². The van der Waals surface area contributed by atoms with Crippen molar-refractivity contribution in [1.82, 2.24) is 5.32 Å². The van der Waals surface area contributed by atoms with Crippen molar-refractivity contribution < 1.29 is 18.5 Å². The Hall–Kier alpha value is -0.300. The van der Waals surface area contributed by atoms with Crippen LogP contribution in [0.1, 0.15) is 20.8 Å². The lowest BCUT2D eigenvalue weighted by molar-refractivity contribution is -0.119. The molecule has 4 N–H and O–H groups in total. The molecule has 0 aliphatic heterocycles. The Morgan fingerprint density at radius 1 is 1.38 bits per heavy atom. The molecule has 0 atom stereocenters. The molecule has 80 valence electrons. The summed E-state index contributed by atoms with van der Waals surface area (Å²) in [5, 5.41) is 2.55. The van der Waals surface area contributed by atoms with Gasteiger partial charge in [-0.1, -0.05) is 13.8 Å². The standard InChI is InChI=1S/C7H17NO4S/c1-6(9)8-4-7(2,3)5-13(10,11)12/h10-12H,4-5H2,1-3H3,(H,8,9). The van der Waals surface area contributed by atoms with Gasteiger partial charge in [0.25, 0.3) is 0 Å². The van der Waals surface area contributed by atoms with Crippen LogP contribution in [0.4, 0.5) is 0 Å². The fourth-order valence-electron chi connectivity index (χ4n) is 0.939. The van der Waals surface area contributed by atoms with Crippen LogP contribution in [-0.4, -0.2) is 31.9 Å². The van der Waals surface area contributed by atoms with E-state index in [2.05, 4.69) is 5.32 Å². The molecule has 0 aliphatic carbocycles. The lowest BCUT2D eigenvalue weighted by Gasteiger charge is -2.31. The molecule has 0 bridgehead atoms. The normalized spacial score (nSPS) is 14.0. The van der Waals surface area contributed by atoms with Crippen molar-refractivity contribution in [3.05, 3.63) is 0 Å². The van der Waals surface area contributed by atoms with Crippen molar-refractivity contribution in [3.63, 3.8) is 0 Å². The molecule has 0 aromatic heterocycles. The van der Waals surface area contributed by atoms with Crippen LogP contribution < -0.4 is 5.32 Å². The summed E-state index contributed by atoms with van der Waals surface area (Å²) >= 11 is 0. The Morgan fingerprint density at radius 2 is 1.85 bits per heavy atom. The van der Waals surface area contributed by atoms with E-state index >= 15 is 0 Å². The molecule has 0 rings (SSSR count). The maximum atomic E-state index is 10.6. The van der Waals surface area contributed by atoms with Crippen LogP contribution >= 0.6 is 10.9 Å². The van der Waals surface area contributed by atoms with Crippen LogP contribution in [0.2, 0.25) is 0 Å².